The zero-order valence-corrected chi connectivity index (χ0v) is 22.1. The van der Waals surface area contributed by atoms with E-state index in [-0.39, 0.29) is 50.1 Å². The summed E-state index contributed by atoms with van der Waals surface area (Å²) in [6, 6.07) is 5.78. The molecule has 0 unspecified atom stereocenters. The highest BCUT2D eigenvalue weighted by Crippen LogP contribution is 2.42. The third-order valence-electron chi connectivity index (χ3n) is 6.21. The molecule has 1 amide bonds. The van der Waals surface area contributed by atoms with Gasteiger partial charge >= 0.3 is 0 Å². The first-order chi connectivity index (χ1) is 18.0. The third-order valence-corrected chi connectivity index (χ3v) is 6.21. The Kier molecular flexibility index (Phi) is 11.9. The minimum Gasteiger partial charge on any atom is -0.459 e. The van der Waals surface area contributed by atoms with Gasteiger partial charge in [0, 0.05) is 46.3 Å². The van der Waals surface area contributed by atoms with Gasteiger partial charge in [-0.25, -0.2) is 0 Å². The molecule has 2 aliphatic rings. The van der Waals surface area contributed by atoms with Crippen molar-refractivity contribution in [2.75, 3.05) is 74.2 Å². The number of fused-ring (bicyclic) bond motifs is 1. The van der Waals surface area contributed by atoms with Gasteiger partial charge in [0.15, 0.2) is 23.5 Å². The number of allylic oxidation sites excluding steroid dienone is 1. The molecule has 0 radical (unpaired) electrons. The number of benzene rings is 1. The maximum atomic E-state index is 13.3. The van der Waals surface area contributed by atoms with Crippen LogP contribution in [0.4, 0.5) is 0 Å². The van der Waals surface area contributed by atoms with Crippen molar-refractivity contribution < 1.29 is 47.8 Å². The highest BCUT2D eigenvalue weighted by molar-refractivity contribution is 5.91. The number of aliphatic hydroxyl groups excluding tert-OH is 1. The van der Waals surface area contributed by atoms with Gasteiger partial charge in [-0.15, -0.1) is 0 Å². The van der Waals surface area contributed by atoms with Crippen molar-refractivity contribution in [1.82, 2.24) is 4.90 Å². The van der Waals surface area contributed by atoms with Crippen LogP contribution in [-0.4, -0.2) is 103 Å². The van der Waals surface area contributed by atoms with Crippen LogP contribution in [0.25, 0.3) is 0 Å². The zero-order valence-electron chi connectivity index (χ0n) is 22.1. The van der Waals surface area contributed by atoms with Gasteiger partial charge in [0.25, 0.3) is 5.91 Å². The Balaban J connectivity index is 1.82. The average molecular weight is 526 g/mol. The van der Waals surface area contributed by atoms with Gasteiger partial charge in [0.05, 0.1) is 33.0 Å². The topological polar surface area (TPSA) is 114 Å². The van der Waals surface area contributed by atoms with Crippen LogP contribution in [0.2, 0.25) is 0 Å². The summed E-state index contributed by atoms with van der Waals surface area (Å²) in [5.41, 5.74) is 0.952. The van der Waals surface area contributed by atoms with Crippen molar-refractivity contribution >= 4 is 5.91 Å². The van der Waals surface area contributed by atoms with Crippen LogP contribution in [0.15, 0.2) is 30.0 Å². The summed E-state index contributed by atoms with van der Waals surface area (Å²) in [6.07, 6.45) is 1.24. The van der Waals surface area contributed by atoms with Crippen LogP contribution in [0.5, 0.6) is 11.5 Å². The monoisotopic (exact) mass is 525 g/mol. The number of aliphatic hydroxyl groups is 1. The molecular formula is C26H39NO10. The number of amides is 1. The Hall–Kier alpha value is -2.41. The van der Waals surface area contributed by atoms with Crippen molar-refractivity contribution in [1.29, 1.82) is 0 Å². The van der Waals surface area contributed by atoms with Gasteiger partial charge in [0.2, 0.25) is 13.1 Å². The lowest BCUT2D eigenvalue weighted by molar-refractivity contribution is -0.174. The Morgan fingerprint density at radius 1 is 1.11 bits per heavy atom. The lowest BCUT2D eigenvalue weighted by Gasteiger charge is -2.38. The van der Waals surface area contributed by atoms with E-state index in [1.54, 1.807) is 7.05 Å². The third kappa shape index (κ3) is 8.03. The summed E-state index contributed by atoms with van der Waals surface area (Å²) in [7, 11) is 4.71. The number of carbonyl (C=O) groups excluding carboxylic acids is 1. The molecule has 2 aliphatic heterocycles. The van der Waals surface area contributed by atoms with E-state index in [4.69, 9.17) is 43.0 Å². The molecule has 1 aromatic rings. The SMILES string of the molecule is CCO[C@H]1OC(C(=O)N(C)CC(OC)OC)=C[C@@H](c2ccc3c(c2)OCO3)[C@H]1CCOCCOCCO. The summed E-state index contributed by atoms with van der Waals surface area (Å²) in [4.78, 5) is 14.8. The lowest BCUT2D eigenvalue weighted by atomic mass is 9.81. The van der Waals surface area contributed by atoms with Crippen molar-refractivity contribution in [3.05, 3.63) is 35.6 Å². The highest BCUT2D eigenvalue weighted by atomic mass is 16.7. The van der Waals surface area contributed by atoms with Crippen LogP contribution < -0.4 is 9.47 Å². The van der Waals surface area contributed by atoms with E-state index < -0.39 is 12.6 Å². The first-order valence-corrected chi connectivity index (χ1v) is 12.5. The van der Waals surface area contributed by atoms with Crippen molar-refractivity contribution in [2.45, 2.75) is 31.8 Å². The van der Waals surface area contributed by atoms with E-state index in [1.165, 1.54) is 19.1 Å². The smallest absolute Gasteiger partial charge is 0.288 e. The van der Waals surface area contributed by atoms with Gasteiger partial charge in [0.1, 0.15) is 0 Å². The highest BCUT2D eigenvalue weighted by Gasteiger charge is 2.39. The van der Waals surface area contributed by atoms with E-state index in [1.807, 2.05) is 31.2 Å². The molecule has 11 heteroatoms. The van der Waals surface area contributed by atoms with E-state index >= 15 is 0 Å². The molecule has 1 N–H and O–H groups in total. The molecule has 0 saturated heterocycles. The summed E-state index contributed by atoms with van der Waals surface area (Å²) in [6.45, 7) is 4.22. The lowest BCUT2D eigenvalue weighted by Crippen LogP contribution is -2.42. The number of hydrogen-bond acceptors (Lipinski definition) is 10. The van der Waals surface area contributed by atoms with Gasteiger partial charge < -0.3 is 47.9 Å². The molecular weight excluding hydrogens is 486 g/mol. The average Bonchev–Trinajstić information content (AvgIpc) is 3.39. The molecule has 3 atom stereocenters. The Bertz CT molecular complexity index is 875. The maximum Gasteiger partial charge on any atom is 0.288 e. The first kappa shape index (κ1) is 29.2. The number of carbonyl (C=O) groups is 1. The largest absolute Gasteiger partial charge is 0.459 e. The van der Waals surface area contributed by atoms with Gasteiger partial charge in [-0.1, -0.05) is 6.07 Å². The fourth-order valence-corrected chi connectivity index (χ4v) is 4.28. The molecule has 0 aromatic heterocycles. The number of ether oxygens (including phenoxy) is 8. The maximum absolute atomic E-state index is 13.3. The summed E-state index contributed by atoms with van der Waals surface area (Å²) < 4.78 is 44.7. The van der Waals surface area contributed by atoms with Crippen molar-refractivity contribution in [3.63, 3.8) is 0 Å². The Labute approximate surface area is 218 Å². The summed E-state index contributed by atoms with van der Waals surface area (Å²) >= 11 is 0. The number of rotatable bonds is 16. The van der Waals surface area contributed by atoms with Crippen LogP contribution in [-0.2, 0) is 33.2 Å². The molecule has 0 aliphatic carbocycles. The molecule has 0 spiro atoms. The van der Waals surface area contributed by atoms with E-state index in [2.05, 4.69) is 0 Å². The fraction of sp³-hybridized carbons (Fsp3) is 0.654. The predicted molar refractivity (Wildman–Crippen MR) is 132 cm³/mol. The van der Waals surface area contributed by atoms with E-state index in [0.717, 1.165) is 5.56 Å². The number of hydrogen-bond donors (Lipinski definition) is 1. The molecule has 0 saturated carbocycles. The zero-order chi connectivity index (χ0) is 26.6. The van der Waals surface area contributed by atoms with Crippen LogP contribution in [0, 0.1) is 5.92 Å². The standard InChI is InChI=1S/C26H39NO10/c1-5-34-26-19(8-10-32-12-13-33-11-9-28)20(18-6-7-21-22(14-18)36-17-35-21)15-23(37-26)25(29)27(2)16-24(30-3)31-4/h6-7,14-15,19-20,24,26,28H,5,8-13,16-17H2,1-4H3/t19-,20+,26+/m1/s1. The van der Waals surface area contributed by atoms with E-state index in [0.29, 0.717) is 44.3 Å². The Morgan fingerprint density at radius 3 is 2.54 bits per heavy atom. The molecule has 1 aromatic carbocycles. The second-order valence-electron chi connectivity index (χ2n) is 8.60. The molecule has 11 nitrogen and oxygen atoms in total. The quantitative estimate of drug-likeness (QED) is 0.253. The number of nitrogens with zero attached hydrogens (tertiary/aromatic N) is 1. The van der Waals surface area contributed by atoms with Crippen LogP contribution in [0.3, 0.4) is 0 Å². The summed E-state index contributed by atoms with van der Waals surface area (Å²) in [5.74, 6) is 0.905. The van der Waals surface area contributed by atoms with Gasteiger partial charge in [-0.05, 0) is 37.1 Å². The summed E-state index contributed by atoms with van der Waals surface area (Å²) in [5, 5.41) is 8.82. The minimum absolute atomic E-state index is 0.0210. The molecule has 0 bridgehead atoms. The molecule has 208 valence electrons. The van der Waals surface area contributed by atoms with E-state index in [9.17, 15) is 4.79 Å². The number of likely N-dealkylation sites (N-methyl/N-ethyl adjacent to an activating group) is 1. The molecule has 2 heterocycles. The predicted octanol–water partition coefficient (Wildman–Crippen LogP) is 1.88. The van der Waals surface area contributed by atoms with Crippen molar-refractivity contribution in [3.8, 4) is 11.5 Å². The Morgan fingerprint density at radius 2 is 1.84 bits per heavy atom. The van der Waals surface area contributed by atoms with Gasteiger partial charge in [-0.2, -0.15) is 0 Å². The van der Waals surface area contributed by atoms with Crippen LogP contribution >= 0.6 is 0 Å². The second-order valence-corrected chi connectivity index (χ2v) is 8.60. The second kappa shape index (κ2) is 15.1. The minimum atomic E-state index is -0.660. The first-order valence-electron chi connectivity index (χ1n) is 12.5. The normalized spacial score (nSPS) is 20.6. The molecule has 3 rings (SSSR count). The van der Waals surface area contributed by atoms with Gasteiger partial charge in [-0.3, -0.25) is 4.79 Å². The number of methoxy groups -OCH3 is 2. The molecule has 0 fully saturated rings. The van der Waals surface area contributed by atoms with Crippen LogP contribution in [0.1, 0.15) is 24.8 Å². The fourth-order valence-electron chi connectivity index (χ4n) is 4.28. The van der Waals surface area contributed by atoms with Crippen molar-refractivity contribution in [2.24, 2.45) is 5.92 Å². The molecule has 37 heavy (non-hydrogen) atoms.